The van der Waals surface area contributed by atoms with Gasteiger partial charge in [0.05, 0.1) is 5.56 Å². The van der Waals surface area contributed by atoms with Gasteiger partial charge in [-0.1, -0.05) is 61.0 Å². The summed E-state index contributed by atoms with van der Waals surface area (Å²) in [7, 11) is 0. The van der Waals surface area contributed by atoms with Gasteiger partial charge < -0.3 is 10.4 Å². The Morgan fingerprint density at radius 3 is 2.45 bits per heavy atom. The highest BCUT2D eigenvalue weighted by molar-refractivity contribution is 7.99. The fraction of sp³-hybridized carbons (Fsp3) is 0.125. The molecule has 3 aromatic carbocycles. The van der Waals surface area contributed by atoms with Crippen molar-refractivity contribution in [3.8, 4) is 5.75 Å². The molecule has 0 fully saturated rings. The molecule has 3 rings (SSSR count). The molecule has 0 unspecified atom stereocenters. The van der Waals surface area contributed by atoms with E-state index < -0.39 is 0 Å². The van der Waals surface area contributed by atoms with Gasteiger partial charge in [0, 0.05) is 15.6 Å². The summed E-state index contributed by atoms with van der Waals surface area (Å²) in [4.78, 5) is 13.7. The smallest absolute Gasteiger partial charge is 0.260 e. The molecule has 0 saturated heterocycles. The number of hydrogen-bond acceptors (Lipinski definition) is 3. The van der Waals surface area contributed by atoms with Crippen LogP contribution in [-0.4, -0.2) is 16.8 Å². The summed E-state index contributed by atoms with van der Waals surface area (Å²) in [6.07, 6.45) is 3.96. The largest absolute Gasteiger partial charge is 0.507 e. The van der Waals surface area contributed by atoms with Crippen molar-refractivity contribution in [2.45, 2.75) is 18.7 Å². The molecule has 0 radical (unpaired) electrons. The lowest BCUT2D eigenvalue weighted by molar-refractivity contribution is 0.102. The van der Waals surface area contributed by atoms with Gasteiger partial charge in [-0.05, 0) is 59.7 Å². The molecule has 29 heavy (non-hydrogen) atoms. The zero-order chi connectivity index (χ0) is 20.8. The number of rotatable bonds is 6. The first kappa shape index (κ1) is 21.0. The summed E-state index contributed by atoms with van der Waals surface area (Å²) in [5.41, 5.74) is 3.83. The van der Waals surface area contributed by atoms with Crippen LogP contribution in [0.5, 0.6) is 5.75 Å². The van der Waals surface area contributed by atoms with Crippen molar-refractivity contribution in [2.24, 2.45) is 0 Å². The van der Waals surface area contributed by atoms with Crippen molar-refractivity contribution >= 4 is 47.1 Å². The molecule has 0 aromatic heterocycles. The van der Waals surface area contributed by atoms with Crippen LogP contribution in [0.4, 0.5) is 5.69 Å². The number of phenols is 1. The summed E-state index contributed by atoms with van der Waals surface area (Å²) in [6, 6.07) is 18.5. The monoisotopic (exact) mass is 423 g/mol. The van der Waals surface area contributed by atoms with Crippen molar-refractivity contribution < 1.29 is 9.90 Å². The molecule has 0 atom stereocenters. The van der Waals surface area contributed by atoms with Gasteiger partial charge in [0.1, 0.15) is 5.75 Å². The fourth-order valence-electron chi connectivity index (χ4n) is 2.96. The van der Waals surface area contributed by atoms with Gasteiger partial charge in [0.2, 0.25) is 0 Å². The summed E-state index contributed by atoms with van der Waals surface area (Å²) < 4.78 is 0. The summed E-state index contributed by atoms with van der Waals surface area (Å²) in [6.45, 7) is 4.00. The molecule has 5 heteroatoms. The Hall–Kier alpha value is -2.69. The number of aromatic hydroxyl groups is 1. The molecule has 0 bridgehead atoms. The van der Waals surface area contributed by atoms with Crippen molar-refractivity contribution in [3.63, 3.8) is 0 Å². The lowest BCUT2D eigenvalue weighted by atomic mass is 10.0. The summed E-state index contributed by atoms with van der Waals surface area (Å²) in [5.74, 6) is 0.404. The van der Waals surface area contributed by atoms with Gasteiger partial charge in [-0.15, -0.1) is 11.8 Å². The second-order valence-electron chi connectivity index (χ2n) is 6.45. The first-order chi connectivity index (χ1) is 14.0. The highest BCUT2D eigenvalue weighted by atomic mass is 35.5. The number of amides is 1. The van der Waals surface area contributed by atoms with E-state index in [1.807, 2.05) is 56.3 Å². The second kappa shape index (κ2) is 9.68. The van der Waals surface area contributed by atoms with Gasteiger partial charge in [-0.2, -0.15) is 0 Å². The van der Waals surface area contributed by atoms with Gasteiger partial charge in [0.25, 0.3) is 5.91 Å². The molecule has 2 N–H and O–H groups in total. The maximum Gasteiger partial charge on any atom is 0.260 e. The number of phenolic OH excluding ortho intramolecular Hbond substituents is 1. The lowest BCUT2D eigenvalue weighted by Crippen LogP contribution is -2.14. The predicted molar refractivity (Wildman–Crippen MR) is 124 cm³/mol. The van der Waals surface area contributed by atoms with Crippen LogP contribution in [0, 0.1) is 6.92 Å². The third kappa shape index (κ3) is 5.22. The first-order valence-corrected chi connectivity index (χ1v) is 10.7. The fourth-order valence-corrected chi connectivity index (χ4v) is 4.05. The molecule has 0 aliphatic carbocycles. The molecule has 148 valence electrons. The van der Waals surface area contributed by atoms with Gasteiger partial charge >= 0.3 is 0 Å². The summed E-state index contributed by atoms with van der Waals surface area (Å²) >= 11 is 7.45. The maximum atomic E-state index is 12.9. The molecule has 0 heterocycles. The molecular formula is C24H22ClNO2S. The van der Waals surface area contributed by atoms with E-state index in [1.165, 1.54) is 0 Å². The predicted octanol–water partition coefficient (Wildman–Crippen LogP) is 6.89. The van der Waals surface area contributed by atoms with Crippen molar-refractivity contribution in [1.82, 2.24) is 0 Å². The van der Waals surface area contributed by atoms with E-state index >= 15 is 0 Å². The number of anilines is 1. The van der Waals surface area contributed by atoms with Crippen molar-refractivity contribution in [2.75, 3.05) is 11.1 Å². The number of carbonyl (C=O) groups is 1. The van der Waals surface area contributed by atoms with Crippen LogP contribution in [0.25, 0.3) is 12.2 Å². The number of hydrogen-bond donors (Lipinski definition) is 2. The number of thioether (sulfide) groups is 1. The zero-order valence-corrected chi connectivity index (χ0v) is 17.8. The van der Waals surface area contributed by atoms with Gasteiger partial charge in [0.15, 0.2) is 0 Å². The molecule has 3 aromatic rings. The summed E-state index contributed by atoms with van der Waals surface area (Å²) in [5, 5.41) is 14.1. The minimum Gasteiger partial charge on any atom is -0.507 e. The third-order valence-corrected chi connectivity index (χ3v) is 5.76. The molecule has 1 amide bonds. The van der Waals surface area contributed by atoms with Crippen LogP contribution in [-0.2, 0) is 0 Å². The zero-order valence-electron chi connectivity index (χ0n) is 16.3. The van der Waals surface area contributed by atoms with Crippen LogP contribution in [0.15, 0.2) is 65.6 Å². The second-order valence-corrected chi connectivity index (χ2v) is 8.16. The van der Waals surface area contributed by atoms with E-state index in [1.54, 1.807) is 42.1 Å². The third-order valence-electron chi connectivity index (χ3n) is 4.42. The number of nitrogens with one attached hydrogen (secondary N) is 1. The van der Waals surface area contributed by atoms with E-state index in [2.05, 4.69) is 5.32 Å². The van der Waals surface area contributed by atoms with Crippen LogP contribution in [0.1, 0.15) is 34.0 Å². The Morgan fingerprint density at radius 2 is 1.79 bits per heavy atom. The molecule has 0 spiro atoms. The van der Waals surface area contributed by atoms with Crippen LogP contribution in [0.3, 0.4) is 0 Å². The average Bonchev–Trinajstić information content (AvgIpc) is 2.72. The Kier molecular flexibility index (Phi) is 7.02. The molecule has 3 nitrogen and oxygen atoms in total. The van der Waals surface area contributed by atoms with E-state index in [4.69, 9.17) is 11.6 Å². The lowest BCUT2D eigenvalue weighted by Gasteiger charge is -2.16. The Balaban J connectivity index is 1.96. The maximum absolute atomic E-state index is 12.9. The van der Waals surface area contributed by atoms with Crippen molar-refractivity contribution in [1.29, 1.82) is 0 Å². The number of carbonyl (C=O) groups excluding carboxylic acids is 1. The molecule has 0 aliphatic heterocycles. The van der Waals surface area contributed by atoms with E-state index in [9.17, 15) is 9.90 Å². The molecular weight excluding hydrogens is 402 g/mol. The number of benzene rings is 3. The van der Waals surface area contributed by atoms with E-state index in [0.717, 1.165) is 27.3 Å². The minimum atomic E-state index is -0.345. The van der Waals surface area contributed by atoms with Gasteiger partial charge in [-0.3, -0.25) is 4.79 Å². The topological polar surface area (TPSA) is 49.3 Å². The van der Waals surface area contributed by atoms with E-state index in [-0.39, 0.29) is 11.7 Å². The van der Waals surface area contributed by atoms with Gasteiger partial charge in [-0.25, -0.2) is 0 Å². The minimum absolute atomic E-state index is 0.0364. The van der Waals surface area contributed by atoms with Crippen LogP contribution in [0.2, 0.25) is 5.02 Å². The Bertz CT molecular complexity index is 1030. The van der Waals surface area contributed by atoms with Crippen LogP contribution >= 0.6 is 23.4 Å². The van der Waals surface area contributed by atoms with E-state index in [0.29, 0.717) is 16.3 Å². The Morgan fingerprint density at radius 1 is 1.10 bits per heavy atom. The van der Waals surface area contributed by atoms with Crippen molar-refractivity contribution in [3.05, 3.63) is 87.9 Å². The average molecular weight is 424 g/mol. The molecule has 0 aliphatic rings. The quantitative estimate of drug-likeness (QED) is 0.335. The Labute approximate surface area is 180 Å². The molecule has 0 saturated carbocycles. The first-order valence-electron chi connectivity index (χ1n) is 9.29. The van der Waals surface area contributed by atoms with Crippen LogP contribution < -0.4 is 5.32 Å². The normalized spacial score (nSPS) is 11.0. The highest BCUT2D eigenvalue weighted by Gasteiger charge is 2.21. The SMILES string of the molecule is CCSc1c(C)c(/C=C/c2ccccc2)cc(O)c1C(=O)Nc1ccc(Cl)cc1. The highest BCUT2D eigenvalue weighted by Crippen LogP contribution is 2.36. The number of halogens is 1. The standard InChI is InChI=1S/C24H22ClNO2S/c1-3-29-23-16(2)18(10-9-17-7-5-4-6-8-17)15-21(27)22(23)24(28)26-20-13-11-19(25)12-14-20/h4-15,27H,3H2,1-2H3,(H,26,28)/b10-9+.